The fourth-order valence-electron chi connectivity index (χ4n) is 3.34. The highest BCUT2D eigenvalue weighted by atomic mass is 32.2. The zero-order valence-corrected chi connectivity index (χ0v) is 18.4. The Hall–Kier alpha value is -3.29. The number of aromatic nitrogens is 2. The van der Waals surface area contributed by atoms with Crippen molar-refractivity contribution in [1.82, 2.24) is 9.78 Å². The van der Waals surface area contributed by atoms with Crippen LogP contribution in [0.1, 0.15) is 12.5 Å². The number of fused-ring (bicyclic) bond motifs is 1. The van der Waals surface area contributed by atoms with Crippen molar-refractivity contribution >= 4 is 40.8 Å². The number of carbonyl (C=O) groups is 1. The predicted molar refractivity (Wildman–Crippen MR) is 127 cm³/mol. The van der Waals surface area contributed by atoms with Crippen molar-refractivity contribution in [2.45, 2.75) is 11.8 Å². The molecule has 0 bridgehead atoms. The number of hydrogen-bond acceptors (Lipinski definition) is 5. The van der Waals surface area contributed by atoms with Gasteiger partial charge in [0.25, 0.3) is 5.91 Å². The maximum absolute atomic E-state index is 12.8. The van der Waals surface area contributed by atoms with Gasteiger partial charge in [0.15, 0.2) is 0 Å². The maximum Gasteiger partial charge on any atom is 0.262 e. The molecule has 0 saturated carbocycles. The molecular formula is C24H19N3O2S2. The molecule has 0 fully saturated rings. The molecule has 1 amide bonds. The quantitative estimate of drug-likeness (QED) is 0.378. The number of thiophene rings is 1. The SMILES string of the molecule is CCOc1ccc2c(c1)S/C(=C\c1cn(-c3ccccc3)nc1-c1cccs1)C(=O)N2. The van der Waals surface area contributed by atoms with E-state index in [-0.39, 0.29) is 5.91 Å². The van der Waals surface area contributed by atoms with Gasteiger partial charge in [0.2, 0.25) is 0 Å². The lowest BCUT2D eigenvalue weighted by Gasteiger charge is -2.19. The van der Waals surface area contributed by atoms with Crippen LogP contribution in [0.5, 0.6) is 5.75 Å². The van der Waals surface area contributed by atoms with Gasteiger partial charge in [0.1, 0.15) is 11.4 Å². The van der Waals surface area contributed by atoms with Crippen LogP contribution in [0.4, 0.5) is 5.69 Å². The third-order valence-electron chi connectivity index (χ3n) is 4.76. The van der Waals surface area contributed by atoms with Gasteiger partial charge in [-0.05, 0) is 54.8 Å². The molecule has 0 unspecified atom stereocenters. The first-order valence-corrected chi connectivity index (χ1v) is 11.6. The van der Waals surface area contributed by atoms with Gasteiger partial charge in [-0.25, -0.2) is 4.68 Å². The molecule has 1 N–H and O–H groups in total. The largest absolute Gasteiger partial charge is 0.494 e. The van der Waals surface area contributed by atoms with Crippen molar-refractivity contribution in [3.63, 3.8) is 0 Å². The second-order valence-corrected chi connectivity index (χ2v) is 8.88. The van der Waals surface area contributed by atoms with Crippen LogP contribution in [0, 0.1) is 0 Å². The van der Waals surface area contributed by atoms with Crippen LogP contribution >= 0.6 is 23.1 Å². The highest BCUT2D eigenvalue weighted by Gasteiger charge is 2.23. The maximum atomic E-state index is 12.8. The Morgan fingerprint density at radius 3 is 2.77 bits per heavy atom. The van der Waals surface area contributed by atoms with Gasteiger partial charge in [0, 0.05) is 16.7 Å². The molecule has 4 aromatic rings. The number of nitrogens with one attached hydrogen (secondary N) is 1. The van der Waals surface area contributed by atoms with E-state index < -0.39 is 0 Å². The van der Waals surface area contributed by atoms with E-state index in [1.807, 2.05) is 89.9 Å². The second-order valence-electron chi connectivity index (χ2n) is 6.85. The summed E-state index contributed by atoms with van der Waals surface area (Å²) >= 11 is 3.07. The number of carbonyl (C=O) groups excluding carboxylic acids is 1. The normalized spacial score (nSPS) is 14.4. The number of para-hydroxylation sites is 1. The third-order valence-corrected chi connectivity index (χ3v) is 6.72. The molecule has 0 spiro atoms. The summed E-state index contributed by atoms with van der Waals surface area (Å²) in [4.78, 5) is 15.4. The Labute approximate surface area is 188 Å². The highest BCUT2D eigenvalue weighted by molar-refractivity contribution is 8.04. The number of amides is 1. The average Bonchev–Trinajstić information content (AvgIpc) is 3.45. The number of thioether (sulfide) groups is 1. The number of hydrogen-bond donors (Lipinski definition) is 1. The van der Waals surface area contributed by atoms with Crippen molar-refractivity contribution < 1.29 is 9.53 Å². The molecule has 154 valence electrons. The fourth-order valence-corrected chi connectivity index (χ4v) is 5.04. The van der Waals surface area contributed by atoms with Gasteiger partial charge < -0.3 is 10.1 Å². The van der Waals surface area contributed by atoms with Crippen molar-refractivity contribution in [2.24, 2.45) is 0 Å². The summed E-state index contributed by atoms with van der Waals surface area (Å²) in [5.41, 5.74) is 3.52. The Balaban J connectivity index is 1.56. The molecule has 5 rings (SSSR count). The molecule has 3 heterocycles. The monoisotopic (exact) mass is 445 g/mol. The number of anilines is 1. The van der Waals surface area contributed by atoms with Gasteiger partial charge in [-0.2, -0.15) is 5.10 Å². The van der Waals surface area contributed by atoms with Crippen molar-refractivity contribution in [2.75, 3.05) is 11.9 Å². The van der Waals surface area contributed by atoms with E-state index in [1.54, 1.807) is 11.3 Å². The van der Waals surface area contributed by atoms with E-state index in [0.717, 1.165) is 38.2 Å². The lowest BCUT2D eigenvalue weighted by Crippen LogP contribution is -2.17. The lowest BCUT2D eigenvalue weighted by molar-refractivity contribution is -0.112. The molecule has 2 aromatic heterocycles. The van der Waals surface area contributed by atoms with E-state index >= 15 is 0 Å². The van der Waals surface area contributed by atoms with E-state index in [1.165, 1.54) is 11.8 Å². The number of benzene rings is 2. The van der Waals surface area contributed by atoms with Crippen LogP contribution in [0.15, 0.2) is 82.0 Å². The van der Waals surface area contributed by atoms with E-state index in [4.69, 9.17) is 9.84 Å². The molecule has 0 atom stereocenters. The lowest BCUT2D eigenvalue weighted by atomic mass is 10.2. The summed E-state index contributed by atoms with van der Waals surface area (Å²) in [6.07, 6.45) is 3.88. The van der Waals surface area contributed by atoms with Crippen LogP contribution in [0.2, 0.25) is 0 Å². The fraction of sp³-hybridized carbons (Fsp3) is 0.0833. The van der Waals surface area contributed by atoms with Crippen LogP contribution in [0.25, 0.3) is 22.3 Å². The van der Waals surface area contributed by atoms with Gasteiger partial charge in [0.05, 0.1) is 27.8 Å². The first kappa shape index (κ1) is 19.7. The zero-order chi connectivity index (χ0) is 21.2. The van der Waals surface area contributed by atoms with Crippen molar-refractivity contribution in [3.05, 3.63) is 82.7 Å². The van der Waals surface area contributed by atoms with E-state index in [9.17, 15) is 4.79 Å². The number of ether oxygens (including phenoxy) is 1. The first-order chi connectivity index (χ1) is 15.2. The van der Waals surface area contributed by atoms with Crippen LogP contribution in [0.3, 0.4) is 0 Å². The van der Waals surface area contributed by atoms with E-state index in [0.29, 0.717) is 11.5 Å². The van der Waals surface area contributed by atoms with Gasteiger partial charge in [-0.15, -0.1) is 11.3 Å². The minimum atomic E-state index is -0.119. The van der Waals surface area contributed by atoms with Crippen LogP contribution in [-0.2, 0) is 4.79 Å². The summed E-state index contributed by atoms with van der Waals surface area (Å²) in [7, 11) is 0. The van der Waals surface area contributed by atoms with Crippen LogP contribution < -0.4 is 10.1 Å². The van der Waals surface area contributed by atoms with Crippen molar-refractivity contribution in [1.29, 1.82) is 0 Å². The Morgan fingerprint density at radius 2 is 2.00 bits per heavy atom. The Kier molecular flexibility index (Phi) is 5.36. The Bertz CT molecular complexity index is 1260. The van der Waals surface area contributed by atoms with E-state index in [2.05, 4.69) is 5.32 Å². The van der Waals surface area contributed by atoms with Gasteiger partial charge in [-0.1, -0.05) is 36.0 Å². The summed E-state index contributed by atoms with van der Waals surface area (Å²) in [6, 6.07) is 19.7. The van der Waals surface area contributed by atoms with Gasteiger partial charge >= 0.3 is 0 Å². The zero-order valence-electron chi connectivity index (χ0n) is 16.7. The summed E-state index contributed by atoms with van der Waals surface area (Å²) in [5, 5.41) is 9.83. The minimum Gasteiger partial charge on any atom is -0.494 e. The molecule has 0 radical (unpaired) electrons. The predicted octanol–water partition coefficient (Wildman–Crippen LogP) is 6.08. The molecule has 1 aliphatic rings. The minimum absolute atomic E-state index is 0.119. The number of rotatable bonds is 5. The third kappa shape index (κ3) is 4.02. The second kappa shape index (κ2) is 8.45. The smallest absolute Gasteiger partial charge is 0.262 e. The average molecular weight is 446 g/mol. The molecule has 31 heavy (non-hydrogen) atoms. The summed E-state index contributed by atoms with van der Waals surface area (Å²) < 4.78 is 7.47. The van der Waals surface area contributed by atoms with Gasteiger partial charge in [-0.3, -0.25) is 4.79 Å². The standard InChI is InChI=1S/C24H19N3O2S2/c1-2-29-18-10-11-19-21(14-18)31-22(24(28)25-19)13-16-15-27(17-7-4-3-5-8-17)26-23(16)20-9-6-12-30-20/h3-15H,2H2,1H3,(H,25,28)/b22-13-. The summed E-state index contributed by atoms with van der Waals surface area (Å²) in [5.74, 6) is 0.673. The molecule has 0 aliphatic carbocycles. The van der Waals surface area contributed by atoms with Crippen LogP contribution in [-0.4, -0.2) is 22.3 Å². The molecule has 0 saturated heterocycles. The molecule has 2 aromatic carbocycles. The summed E-state index contributed by atoms with van der Waals surface area (Å²) in [6.45, 7) is 2.55. The Morgan fingerprint density at radius 1 is 1.13 bits per heavy atom. The molecule has 7 heteroatoms. The highest BCUT2D eigenvalue weighted by Crippen LogP contribution is 2.41. The number of nitrogens with zero attached hydrogens (tertiary/aromatic N) is 2. The van der Waals surface area contributed by atoms with Crippen molar-refractivity contribution in [3.8, 4) is 22.0 Å². The molecule has 5 nitrogen and oxygen atoms in total. The first-order valence-electron chi connectivity index (χ1n) is 9.88. The topological polar surface area (TPSA) is 56.2 Å². The molecular weight excluding hydrogens is 426 g/mol. The molecule has 1 aliphatic heterocycles.